The summed E-state index contributed by atoms with van der Waals surface area (Å²) >= 11 is 0. The number of hydrogen-bond acceptors (Lipinski definition) is 4. The fourth-order valence-corrected chi connectivity index (χ4v) is 4.98. The lowest BCUT2D eigenvalue weighted by molar-refractivity contribution is -0.137. The summed E-state index contributed by atoms with van der Waals surface area (Å²) in [5, 5.41) is 0. The van der Waals surface area contributed by atoms with Gasteiger partial charge in [0.05, 0.1) is 11.1 Å². The van der Waals surface area contributed by atoms with Gasteiger partial charge in [-0.15, -0.1) is 0 Å². The molecule has 8 heteroatoms. The number of rotatable bonds is 5. The molecule has 1 aromatic carbocycles. The van der Waals surface area contributed by atoms with Crippen LogP contribution in [0.15, 0.2) is 55.0 Å². The van der Waals surface area contributed by atoms with Gasteiger partial charge in [-0.2, -0.15) is 13.2 Å². The fourth-order valence-electron chi connectivity index (χ4n) is 4.98. The number of pyridine rings is 1. The fraction of sp³-hybridized carbons (Fsp3) is 0.385. The van der Waals surface area contributed by atoms with Crippen LogP contribution < -0.4 is 0 Å². The molecule has 5 rings (SSSR count). The van der Waals surface area contributed by atoms with Crippen LogP contribution in [0.25, 0.3) is 11.4 Å². The van der Waals surface area contributed by atoms with E-state index in [0.29, 0.717) is 36.5 Å². The molecule has 1 amide bonds. The van der Waals surface area contributed by atoms with E-state index in [-0.39, 0.29) is 17.4 Å². The van der Waals surface area contributed by atoms with Gasteiger partial charge in [-0.05, 0) is 74.3 Å². The Bertz CT molecular complexity index is 1190. The Hall–Kier alpha value is -3.29. The molecule has 34 heavy (non-hydrogen) atoms. The maximum absolute atomic E-state index is 13.8. The van der Waals surface area contributed by atoms with E-state index in [1.807, 2.05) is 30.0 Å². The van der Waals surface area contributed by atoms with E-state index in [4.69, 9.17) is 0 Å². The van der Waals surface area contributed by atoms with Crippen molar-refractivity contribution in [2.45, 2.75) is 51.2 Å². The van der Waals surface area contributed by atoms with E-state index >= 15 is 0 Å². The summed E-state index contributed by atoms with van der Waals surface area (Å²) in [6.45, 7) is 2.66. The molecular formula is C26H25F3N4O. The summed E-state index contributed by atoms with van der Waals surface area (Å²) in [5.41, 5.74) is 2.30. The lowest BCUT2D eigenvalue weighted by Gasteiger charge is -2.26. The van der Waals surface area contributed by atoms with Gasteiger partial charge in [0.1, 0.15) is 0 Å². The van der Waals surface area contributed by atoms with Crippen molar-refractivity contribution in [2.75, 3.05) is 6.54 Å². The van der Waals surface area contributed by atoms with Gasteiger partial charge in [-0.3, -0.25) is 9.78 Å². The van der Waals surface area contributed by atoms with Crippen LogP contribution in [-0.2, 0) is 12.6 Å². The molecule has 1 atom stereocenters. The molecule has 0 radical (unpaired) electrons. The molecule has 2 aliphatic rings. The highest BCUT2D eigenvalue weighted by Crippen LogP contribution is 2.55. The Kier molecular flexibility index (Phi) is 5.62. The first-order chi connectivity index (χ1) is 16.3. The minimum absolute atomic E-state index is 0.0177. The number of nitrogens with zero attached hydrogens (tertiary/aromatic N) is 4. The number of aromatic nitrogens is 3. The van der Waals surface area contributed by atoms with Crippen LogP contribution in [0.2, 0.25) is 0 Å². The second-order valence-electron chi connectivity index (χ2n) is 9.44. The second kappa shape index (κ2) is 8.49. The van der Waals surface area contributed by atoms with Crippen LogP contribution in [-0.4, -0.2) is 38.3 Å². The molecule has 3 heterocycles. The third-order valence-corrected chi connectivity index (χ3v) is 7.01. The van der Waals surface area contributed by atoms with Gasteiger partial charge in [-0.1, -0.05) is 12.1 Å². The largest absolute Gasteiger partial charge is 0.417 e. The quantitative estimate of drug-likeness (QED) is 0.499. The van der Waals surface area contributed by atoms with Gasteiger partial charge < -0.3 is 4.90 Å². The molecule has 1 saturated heterocycles. The molecular weight excluding hydrogens is 441 g/mol. The molecule has 1 saturated carbocycles. The molecule has 176 valence electrons. The number of benzene rings is 1. The first-order valence-corrected chi connectivity index (χ1v) is 11.5. The highest BCUT2D eigenvalue weighted by molar-refractivity contribution is 6.01. The Morgan fingerprint density at radius 3 is 2.50 bits per heavy atom. The van der Waals surface area contributed by atoms with E-state index in [1.54, 1.807) is 18.5 Å². The van der Waals surface area contributed by atoms with Crippen molar-refractivity contribution in [3.05, 3.63) is 77.4 Å². The van der Waals surface area contributed by atoms with Crippen LogP contribution in [0, 0.1) is 12.3 Å². The number of carbonyl (C=O) groups excluding carboxylic acids is 1. The molecule has 3 aromatic rings. The molecule has 1 aliphatic heterocycles. The summed E-state index contributed by atoms with van der Waals surface area (Å²) in [6.07, 6.45) is 4.13. The van der Waals surface area contributed by atoms with Crippen molar-refractivity contribution in [1.29, 1.82) is 0 Å². The molecule has 1 aliphatic carbocycles. The van der Waals surface area contributed by atoms with Gasteiger partial charge in [0.25, 0.3) is 5.91 Å². The van der Waals surface area contributed by atoms with Crippen molar-refractivity contribution < 1.29 is 18.0 Å². The molecule has 0 unspecified atom stereocenters. The Balaban J connectivity index is 1.38. The van der Waals surface area contributed by atoms with E-state index in [1.165, 1.54) is 6.07 Å². The normalized spacial score (nSPS) is 18.9. The zero-order chi connectivity index (χ0) is 23.9. The summed E-state index contributed by atoms with van der Waals surface area (Å²) in [4.78, 5) is 28.5. The van der Waals surface area contributed by atoms with Crippen molar-refractivity contribution in [1.82, 2.24) is 19.9 Å². The number of hydrogen-bond donors (Lipinski definition) is 0. The van der Waals surface area contributed by atoms with Gasteiger partial charge in [0.2, 0.25) is 0 Å². The predicted octanol–water partition coefficient (Wildman–Crippen LogP) is 5.49. The van der Waals surface area contributed by atoms with Crippen LogP contribution in [0.4, 0.5) is 13.2 Å². The van der Waals surface area contributed by atoms with Gasteiger partial charge in [0.15, 0.2) is 5.82 Å². The summed E-state index contributed by atoms with van der Waals surface area (Å²) in [7, 11) is 0. The van der Waals surface area contributed by atoms with Crippen LogP contribution >= 0.6 is 0 Å². The number of carbonyl (C=O) groups is 1. The second-order valence-corrected chi connectivity index (χ2v) is 9.44. The third-order valence-electron chi connectivity index (χ3n) is 7.01. The first kappa shape index (κ1) is 22.5. The number of aryl methyl sites for hydroxylation is 2. The van der Waals surface area contributed by atoms with E-state index in [9.17, 15) is 18.0 Å². The summed E-state index contributed by atoms with van der Waals surface area (Å²) in [5.74, 6) is 0.482. The molecule has 2 fully saturated rings. The Labute approximate surface area is 196 Å². The Morgan fingerprint density at radius 1 is 1.09 bits per heavy atom. The van der Waals surface area contributed by atoms with Crippen molar-refractivity contribution in [2.24, 2.45) is 5.41 Å². The number of likely N-dealkylation sites (tertiary alicyclic amines) is 1. The molecule has 0 N–H and O–H groups in total. The molecule has 1 spiro atoms. The third kappa shape index (κ3) is 4.41. The van der Waals surface area contributed by atoms with Gasteiger partial charge in [0, 0.05) is 42.4 Å². The number of amides is 1. The minimum Gasteiger partial charge on any atom is -0.335 e. The first-order valence-electron chi connectivity index (χ1n) is 11.5. The average molecular weight is 467 g/mol. The van der Waals surface area contributed by atoms with E-state index in [0.717, 1.165) is 42.7 Å². The standard InChI is InChI=1S/C26H25F3N4O/c1-17-4-2-5-21(22(17)23-30-12-3-13-31-23)24(34)33-16-25(10-11-25)14-20(33)9-8-19-7-6-18(15-32-19)26(27,28)29/h2-7,12-13,15,20H,8-11,14,16H2,1H3/t20-/m1/s1. The van der Waals surface area contributed by atoms with Gasteiger partial charge >= 0.3 is 6.18 Å². The maximum atomic E-state index is 13.8. The van der Waals surface area contributed by atoms with Crippen LogP contribution in [0.3, 0.4) is 0 Å². The minimum atomic E-state index is -4.40. The maximum Gasteiger partial charge on any atom is 0.417 e. The molecule has 5 nitrogen and oxygen atoms in total. The predicted molar refractivity (Wildman–Crippen MR) is 121 cm³/mol. The summed E-state index contributed by atoms with van der Waals surface area (Å²) < 4.78 is 38.5. The summed E-state index contributed by atoms with van der Waals surface area (Å²) in [6, 6.07) is 9.91. The zero-order valence-electron chi connectivity index (χ0n) is 18.8. The lowest BCUT2D eigenvalue weighted by atomic mass is 9.98. The van der Waals surface area contributed by atoms with Crippen molar-refractivity contribution >= 4 is 5.91 Å². The average Bonchev–Trinajstić information content (AvgIpc) is 3.48. The lowest BCUT2D eigenvalue weighted by Crippen LogP contribution is -2.36. The van der Waals surface area contributed by atoms with Crippen molar-refractivity contribution in [3.63, 3.8) is 0 Å². The van der Waals surface area contributed by atoms with Gasteiger partial charge in [-0.25, -0.2) is 9.97 Å². The van der Waals surface area contributed by atoms with E-state index < -0.39 is 11.7 Å². The number of halogens is 3. The van der Waals surface area contributed by atoms with Crippen LogP contribution in [0.5, 0.6) is 0 Å². The molecule has 0 bridgehead atoms. The topological polar surface area (TPSA) is 59.0 Å². The zero-order valence-corrected chi connectivity index (χ0v) is 18.8. The monoisotopic (exact) mass is 466 g/mol. The van der Waals surface area contributed by atoms with Crippen LogP contribution in [0.1, 0.15) is 52.9 Å². The highest BCUT2D eigenvalue weighted by Gasteiger charge is 2.53. The molecule has 2 aromatic heterocycles. The SMILES string of the molecule is Cc1cccc(C(=O)N2CC3(CC3)C[C@H]2CCc2ccc(C(F)(F)F)cn2)c1-c1ncccn1. The smallest absolute Gasteiger partial charge is 0.335 e. The van der Waals surface area contributed by atoms with Crippen molar-refractivity contribution in [3.8, 4) is 11.4 Å². The number of alkyl halides is 3. The Morgan fingerprint density at radius 2 is 1.85 bits per heavy atom. The van der Waals surface area contributed by atoms with E-state index in [2.05, 4.69) is 15.0 Å². The highest BCUT2D eigenvalue weighted by atomic mass is 19.4.